The standard InChI is InChI=1S/C14H20N4/c1-5-15-14-16-11(2)10-18(14)13-8-6-12(7-9-13)17(3)4/h6-10H,5H2,1-4H3,(H,15,16). The first-order valence-corrected chi connectivity index (χ1v) is 6.19. The van der Waals surface area contributed by atoms with Crippen molar-refractivity contribution in [1.82, 2.24) is 9.55 Å². The summed E-state index contributed by atoms with van der Waals surface area (Å²) >= 11 is 0. The van der Waals surface area contributed by atoms with Crippen LogP contribution in [0.4, 0.5) is 11.6 Å². The third kappa shape index (κ3) is 2.47. The molecule has 0 bridgehead atoms. The molecule has 18 heavy (non-hydrogen) atoms. The number of aryl methyl sites for hydroxylation is 1. The van der Waals surface area contributed by atoms with Gasteiger partial charge in [0.2, 0.25) is 5.95 Å². The topological polar surface area (TPSA) is 33.1 Å². The molecule has 1 aromatic carbocycles. The fourth-order valence-corrected chi connectivity index (χ4v) is 1.89. The number of aromatic nitrogens is 2. The second-order valence-electron chi connectivity index (χ2n) is 4.52. The largest absolute Gasteiger partial charge is 0.378 e. The van der Waals surface area contributed by atoms with Gasteiger partial charge in [0, 0.05) is 38.2 Å². The fraction of sp³-hybridized carbons (Fsp3) is 0.357. The van der Waals surface area contributed by atoms with Crippen molar-refractivity contribution >= 4 is 11.6 Å². The lowest BCUT2D eigenvalue weighted by molar-refractivity contribution is 1.02. The van der Waals surface area contributed by atoms with Crippen molar-refractivity contribution in [2.24, 2.45) is 0 Å². The van der Waals surface area contributed by atoms with E-state index >= 15 is 0 Å². The second-order valence-corrected chi connectivity index (χ2v) is 4.52. The van der Waals surface area contributed by atoms with Gasteiger partial charge in [-0.3, -0.25) is 4.57 Å². The first kappa shape index (κ1) is 12.5. The SMILES string of the molecule is CCNc1nc(C)cn1-c1ccc(N(C)C)cc1. The van der Waals surface area contributed by atoms with E-state index in [0.29, 0.717) is 0 Å². The highest BCUT2D eigenvalue weighted by molar-refractivity contribution is 5.52. The Labute approximate surface area is 108 Å². The molecule has 0 unspecified atom stereocenters. The van der Waals surface area contributed by atoms with Crippen LogP contribution in [0.15, 0.2) is 30.5 Å². The van der Waals surface area contributed by atoms with Crippen molar-refractivity contribution in [3.8, 4) is 5.69 Å². The minimum absolute atomic E-state index is 0.867. The predicted molar refractivity (Wildman–Crippen MR) is 76.8 cm³/mol. The van der Waals surface area contributed by atoms with Gasteiger partial charge in [0.15, 0.2) is 0 Å². The molecule has 4 heteroatoms. The van der Waals surface area contributed by atoms with Crippen LogP contribution < -0.4 is 10.2 Å². The molecule has 0 fully saturated rings. The summed E-state index contributed by atoms with van der Waals surface area (Å²) in [4.78, 5) is 6.57. The van der Waals surface area contributed by atoms with Crippen molar-refractivity contribution in [3.63, 3.8) is 0 Å². The van der Waals surface area contributed by atoms with Gasteiger partial charge in [0.05, 0.1) is 5.69 Å². The lowest BCUT2D eigenvalue weighted by Crippen LogP contribution is -2.09. The number of imidazole rings is 1. The van der Waals surface area contributed by atoms with E-state index in [4.69, 9.17) is 0 Å². The van der Waals surface area contributed by atoms with Gasteiger partial charge in [-0.05, 0) is 38.1 Å². The Morgan fingerprint density at radius 2 is 1.89 bits per heavy atom. The van der Waals surface area contributed by atoms with E-state index in [1.807, 2.05) is 27.2 Å². The molecule has 1 aromatic heterocycles. The molecule has 0 aliphatic heterocycles. The normalized spacial score (nSPS) is 10.4. The third-order valence-corrected chi connectivity index (χ3v) is 2.81. The first-order valence-electron chi connectivity index (χ1n) is 6.19. The predicted octanol–water partition coefficient (Wildman–Crippen LogP) is 2.68. The number of nitrogens with one attached hydrogen (secondary N) is 1. The van der Waals surface area contributed by atoms with Crippen LogP contribution in [-0.4, -0.2) is 30.2 Å². The summed E-state index contributed by atoms with van der Waals surface area (Å²) in [6.45, 7) is 4.95. The highest BCUT2D eigenvalue weighted by atomic mass is 15.2. The monoisotopic (exact) mass is 244 g/mol. The fourth-order valence-electron chi connectivity index (χ4n) is 1.89. The Kier molecular flexibility index (Phi) is 3.55. The van der Waals surface area contributed by atoms with Crippen LogP contribution in [0.1, 0.15) is 12.6 Å². The number of hydrogen-bond acceptors (Lipinski definition) is 3. The van der Waals surface area contributed by atoms with Gasteiger partial charge in [0.25, 0.3) is 0 Å². The molecule has 0 spiro atoms. The number of benzene rings is 1. The lowest BCUT2D eigenvalue weighted by Gasteiger charge is -2.14. The number of anilines is 2. The van der Waals surface area contributed by atoms with Crippen LogP contribution in [-0.2, 0) is 0 Å². The van der Waals surface area contributed by atoms with Gasteiger partial charge in [-0.25, -0.2) is 4.98 Å². The summed E-state index contributed by atoms with van der Waals surface area (Å²) < 4.78 is 2.08. The number of nitrogens with zero attached hydrogens (tertiary/aromatic N) is 3. The van der Waals surface area contributed by atoms with Gasteiger partial charge in [-0.15, -0.1) is 0 Å². The highest BCUT2D eigenvalue weighted by Gasteiger charge is 2.06. The summed E-state index contributed by atoms with van der Waals surface area (Å²) in [5.41, 5.74) is 3.33. The smallest absolute Gasteiger partial charge is 0.207 e. The number of rotatable bonds is 4. The van der Waals surface area contributed by atoms with E-state index in [2.05, 4.69) is 51.0 Å². The molecule has 2 rings (SSSR count). The van der Waals surface area contributed by atoms with E-state index in [0.717, 1.165) is 23.9 Å². The van der Waals surface area contributed by atoms with Crippen LogP contribution in [0, 0.1) is 6.92 Å². The van der Waals surface area contributed by atoms with Gasteiger partial charge in [-0.1, -0.05) is 0 Å². The van der Waals surface area contributed by atoms with Crippen molar-refractivity contribution in [2.45, 2.75) is 13.8 Å². The molecule has 0 radical (unpaired) electrons. The third-order valence-electron chi connectivity index (χ3n) is 2.81. The summed E-state index contributed by atoms with van der Waals surface area (Å²) in [6.07, 6.45) is 2.04. The zero-order valence-corrected chi connectivity index (χ0v) is 11.4. The van der Waals surface area contributed by atoms with Crippen LogP contribution in [0.25, 0.3) is 5.69 Å². The minimum atomic E-state index is 0.867. The maximum atomic E-state index is 4.48. The van der Waals surface area contributed by atoms with E-state index in [1.54, 1.807) is 0 Å². The molecule has 0 aliphatic carbocycles. The first-order chi connectivity index (χ1) is 8.61. The van der Waals surface area contributed by atoms with Crippen LogP contribution in [0.3, 0.4) is 0 Å². The molecular formula is C14H20N4. The molecule has 0 saturated carbocycles. The molecule has 0 atom stereocenters. The Morgan fingerprint density at radius 3 is 2.44 bits per heavy atom. The van der Waals surface area contributed by atoms with Crippen molar-refractivity contribution in [2.75, 3.05) is 30.9 Å². The molecule has 4 nitrogen and oxygen atoms in total. The van der Waals surface area contributed by atoms with Crippen molar-refractivity contribution < 1.29 is 0 Å². The molecule has 0 aliphatic rings. The Bertz CT molecular complexity index is 511. The average Bonchev–Trinajstić information content (AvgIpc) is 2.71. The molecule has 0 amide bonds. The maximum absolute atomic E-state index is 4.48. The minimum Gasteiger partial charge on any atom is -0.378 e. The Balaban J connectivity index is 2.35. The lowest BCUT2D eigenvalue weighted by atomic mass is 10.2. The molecule has 1 heterocycles. The van der Waals surface area contributed by atoms with Gasteiger partial charge >= 0.3 is 0 Å². The molecule has 0 saturated heterocycles. The average molecular weight is 244 g/mol. The molecular weight excluding hydrogens is 224 g/mol. The summed E-state index contributed by atoms with van der Waals surface area (Å²) in [7, 11) is 4.08. The highest BCUT2D eigenvalue weighted by Crippen LogP contribution is 2.19. The van der Waals surface area contributed by atoms with Gasteiger partial charge in [0.1, 0.15) is 0 Å². The van der Waals surface area contributed by atoms with E-state index in [-0.39, 0.29) is 0 Å². The molecule has 96 valence electrons. The van der Waals surface area contributed by atoms with Crippen molar-refractivity contribution in [1.29, 1.82) is 0 Å². The zero-order chi connectivity index (χ0) is 13.1. The second kappa shape index (κ2) is 5.12. The van der Waals surface area contributed by atoms with Gasteiger partial charge < -0.3 is 10.2 Å². The summed E-state index contributed by atoms with van der Waals surface area (Å²) in [6, 6.07) is 8.44. The molecule has 2 aromatic rings. The summed E-state index contributed by atoms with van der Waals surface area (Å²) in [5, 5.41) is 3.27. The van der Waals surface area contributed by atoms with Gasteiger partial charge in [-0.2, -0.15) is 0 Å². The van der Waals surface area contributed by atoms with E-state index in [9.17, 15) is 0 Å². The maximum Gasteiger partial charge on any atom is 0.207 e. The Morgan fingerprint density at radius 1 is 1.22 bits per heavy atom. The summed E-state index contributed by atoms with van der Waals surface area (Å²) in [5.74, 6) is 0.896. The molecule has 1 N–H and O–H groups in total. The van der Waals surface area contributed by atoms with Crippen LogP contribution in [0.5, 0.6) is 0 Å². The van der Waals surface area contributed by atoms with Crippen LogP contribution >= 0.6 is 0 Å². The Hall–Kier alpha value is -1.97. The zero-order valence-electron chi connectivity index (χ0n) is 11.4. The van der Waals surface area contributed by atoms with Crippen molar-refractivity contribution in [3.05, 3.63) is 36.2 Å². The van der Waals surface area contributed by atoms with E-state index < -0.39 is 0 Å². The van der Waals surface area contributed by atoms with E-state index in [1.165, 1.54) is 5.69 Å². The quantitative estimate of drug-likeness (QED) is 0.897. The number of hydrogen-bond donors (Lipinski definition) is 1. The van der Waals surface area contributed by atoms with Crippen LogP contribution in [0.2, 0.25) is 0 Å².